The number of hydrogen-bond donors (Lipinski definition) is 1. The second-order valence-corrected chi connectivity index (χ2v) is 3.65. The molecule has 1 rings (SSSR count). The van der Waals surface area contributed by atoms with E-state index < -0.39 is 12.6 Å². The Bertz CT molecular complexity index is 419. The van der Waals surface area contributed by atoms with E-state index in [1.165, 1.54) is 24.3 Å². The summed E-state index contributed by atoms with van der Waals surface area (Å²) in [6, 6.07) is 4.34. The first kappa shape index (κ1) is 12.6. The number of carboxylic acids is 1. The van der Waals surface area contributed by atoms with Gasteiger partial charge in [-0.05, 0) is 24.3 Å². The van der Waals surface area contributed by atoms with Gasteiger partial charge in [-0.15, -0.1) is 0 Å². The summed E-state index contributed by atoms with van der Waals surface area (Å²) in [4.78, 5) is 10.3. The minimum absolute atomic E-state index is 0.0734. The quantitative estimate of drug-likeness (QED) is 0.867. The van der Waals surface area contributed by atoms with Gasteiger partial charge in [-0.3, -0.25) is 0 Å². The molecule has 3 nitrogen and oxygen atoms in total. The van der Waals surface area contributed by atoms with Crippen molar-refractivity contribution in [2.45, 2.75) is 6.61 Å². The molecule has 0 amide bonds. The Morgan fingerprint density at radius 1 is 1.50 bits per heavy atom. The molecule has 0 spiro atoms. The van der Waals surface area contributed by atoms with E-state index in [9.17, 15) is 13.6 Å². The summed E-state index contributed by atoms with van der Waals surface area (Å²) in [6.07, 6.45) is 2.03. The Balaban J connectivity index is 3.03. The fraction of sp³-hybridized carbons (Fsp3) is 0.100. The standard InChI is InChI=1S/C10H7BrF2O3/c11-7-2-3-8(16-10(12)13)6(5-7)1-4-9(14)15/h1-5,10H,(H,14,15)/b4-1+. The first-order valence-electron chi connectivity index (χ1n) is 4.14. The van der Waals surface area contributed by atoms with Crippen molar-refractivity contribution in [3.05, 3.63) is 34.3 Å². The van der Waals surface area contributed by atoms with Crippen molar-refractivity contribution in [1.82, 2.24) is 0 Å². The molecule has 0 bridgehead atoms. The third kappa shape index (κ3) is 3.98. The highest BCUT2D eigenvalue weighted by molar-refractivity contribution is 9.10. The van der Waals surface area contributed by atoms with Crippen LogP contribution in [0.1, 0.15) is 5.56 Å². The monoisotopic (exact) mass is 292 g/mol. The number of ether oxygens (including phenoxy) is 1. The molecule has 0 aliphatic rings. The summed E-state index contributed by atoms with van der Waals surface area (Å²) in [5, 5.41) is 8.43. The van der Waals surface area contributed by atoms with Crippen molar-refractivity contribution >= 4 is 28.0 Å². The lowest BCUT2D eigenvalue weighted by molar-refractivity contribution is -0.131. The second kappa shape index (κ2) is 5.60. The minimum Gasteiger partial charge on any atom is -0.478 e. The van der Waals surface area contributed by atoms with Gasteiger partial charge in [-0.25, -0.2) is 4.79 Å². The lowest BCUT2D eigenvalue weighted by Crippen LogP contribution is -2.03. The van der Waals surface area contributed by atoms with E-state index in [0.717, 1.165) is 6.08 Å². The van der Waals surface area contributed by atoms with Crippen molar-refractivity contribution in [2.75, 3.05) is 0 Å². The molecular formula is C10H7BrF2O3. The first-order valence-corrected chi connectivity index (χ1v) is 4.93. The number of hydrogen-bond acceptors (Lipinski definition) is 2. The molecule has 1 N–H and O–H groups in total. The van der Waals surface area contributed by atoms with E-state index in [4.69, 9.17) is 5.11 Å². The van der Waals surface area contributed by atoms with Gasteiger partial charge in [-0.2, -0.15) is 8.78 Å². The van der Waals surface area contributed by atoms with Crippen LogP contribution in [-0.4, -0.2) is 17.7 Å². The van der Waals surface area contributed by atoms with Gasteiger partial charge >= 0.3 is 12.6 Å². The molecule has 6 heteroatoms. The van der Waals surface area contributed by atoms with E-state index in [-0.39, 0.29) is 11.3 Å². The molecule has 1 aromatic carbocycles. The lowest BCUT2D eigenvalue weighted by Gasteiger charge is -2.07. The first-order chi connectivity index (χ1) is 7.49. The van der Waals surface area contributed by atoms with Crippen LogP contribution in [0.25, 0.3) is 6.08 Å². The Hall–Kier alpha value is -1.43. The number of carbonyl (C=O) groups is 1. The lowest BCUT2D eigenvalue weighted by atomic mass is 10.2. The topological polar surface area (TPSA) is 46.5 Å². The Labute approximate surface area is 98.5 Å². The largest absolute Gasteiger partial charge is 0.478 e. The van der Waals surface area contributed by atoms with Gasteiger partial charge in [0, 0.05) is 16.1 Å². The van der Waals surface area contributed by atoms with Crippen LogP contribution in [-0.2, 0) is 4.79 Å². The van der Waals surface area contributed by atoms with Crippen LogP contribution in [0.5, 0.6) is 5.75 Å². The van der Waals surface area contributed by atoms with Crippen LogP contribution in [0, 0.1) is 0 Å². The van der Waals surface area contributed by atoms with E-state index in [1.54, 1.807) is 0 Å². The summed E-state index contributed by atoms with van der Waals surface area (Å²) in [7, 11) is 0. The fourth-order valence-corrected chi connectivity index (χ4v) is 1.39. The average Bonchev–Trinajstić information content (AvgIpc) is 2.17. The maximum Gasteiger partial charge on any atom is 0.387 e. The third-order valence-corrected chi connectivity index (χ3v) is 2.09. The van der Waals surface area contributed by atoms with Crippen LogP contribution in [0.4, 0.5) is 8.78 Å². The predicted molar refractivity (Wildman–Crippen MR) is 57.4 cm³/mol. The van der Waals surface area contributed by atoms with Crippen LogP contribution in [0.3, 0.4) is 0 Å². The van der Waals surface area contributed by atoms with E-state index in [2.05, 4.69) is 20.7 Å². The van der Waals surface area contributed by atoms with Gasteiger partial charge in [0.05, 0.1) is 0 Å². The number of carboxylic acid groups (broad SMARTS) is 1. The zero-order valence-electron chi connectivity index (χ0n) is 7.86. The van der Waals surface area contributed by atoms with Gasteiger partial charge in [-0.1, -0.05) is 15.9 Å². The predicted octanol–water partition coefficient (Wildman–Crippen LogP) is 3.15. The minimum atomic E-state index is -2.95. The molecule has 0 aliphatic carbocycles. The highest BCUT2D eigenvalue weighted by Crippen LogP contribution is 2.25. The van der Waals surface area contributed by atoms with Crippen molar-refractivity contribution in [2.24, 2.45) is 0 Å². The molecular weight excluding hydrogens is 286 g/mol. The Morgan fingerprint density at radius 3 is 2.75 bits per heavy atom. The van der Waals surface area contributed by atoms with Gasteiger partial charge in [0.15, 0.2) is 0 Å². The number of benzene rings is 1. The van der Waals surface area contributed by atoms with Gasteiger partial charge in [0.1, 0.15) is 5.75 Å². The average molecular weight is 293 g/mol. The molecule has 0 fully saturated rings. The number of halogens is 3. The third-order valence-electron chi connectivity index (χ3n) is 1.59. The number of alkyl halides is 2. The zero-order chi connectivity index (χ0) is 12.1. The van der Waals surface area contributed by atoms with Crippen LogP contribution in [0.15, 0.2) is 28.7 Å². The highest BCUT2D eigenvalue weighted by atomic mass is 79.9. The molecule has 0 saturated carbocycles. The smallest absolute Gasteiger partial charge is 0.387 e. The highest BCUT2D eigenvalue weighted by Gasteiger charge is 2.08. The second-order valence-electron chi connectivity index (χ2n) is 2.73. The number of aliphatic carboxylic acids is 1. The maximum absolute atomic E-state index is 12.0. The summed E-state index contributed by atoms with van der Waals surface area (Å²) < 4.78 is 28.9. The van der Waals surface area contributed by atoms with Crippen LogP contribution < -0.4 is 4.74 Å². The molecule has 86 valence electrons. The van der Waals surface area contributed by atoms with E-state index in [0.29, 0.717) is 4.47 Å². The summed E-state index contributed by atoms with van der Waals surface area (Å²) in [5.74, 6) is -1.24. The molecule has 16 heavy (non-hydrogen) atoms. The van der Waals surface area contributed by atoms with Crippen molar-refractivity contribution in [1.29, 1.82) is 0 Å². The van der Waals surface area contributed by atoms with Crippen LogP contribution in [0.2, 0.25) is 0 Å². The molecule has 0 atom stereocenters. The molecule has 0 aliphatic heterocycles. The molecule has 0 saturated heterocycles. The summed E-state index contributed by atoms with van der Waals surface area (Å²) >= 11 is 3.15. The van der Waals surface area contributed by atoms with Gasteiger partial charge in [0.25, 0.3) is 0 Å². The van der Waals surface area contributed by atoms with Gasteiger partial charge < -0.3 is 9.84 Å². The molecule has 0 unspecified atom stereocenters. The molecule has 0 radical (unpaired) electrons. The molecule has 1 aromatic rings. The fourth-order valence-electron chi connectivity index (χ4n) is 1.01. The Morgan fingerprint density at radius 2 is 2.19 bits per heavy atom. The zero-order valence-corrected chi connectivity index (χ0v) is 9.45. The molecule has 0 heterocycles. The van der Waals surface area contributed by atoms with E-state index in [1.807, 2.05) is 0 Å². The van der Waals surface area contributed by atoms with Crippen LogP contribution >= 0.6 is 15.9 Å². The summed E-state index contributed by atoms with van der Waals surface area (Å²) in [6.45, 7) is -2.95. The van der Waals surface area contributed by atoms with Gasteiger partial charge in [0.2, 0.25) is 0 Å². The SMILES string of the molecule is O=C(O)/C=C/c1cc(Br)ccc1OC(F)F. The summed E-state index contributed by atoms with van der Waals surface area (Å²) in [5.41, 5.74) is 0.261. The number of rotatable bonds is 4. The van der Waals surface area contributed by atoms with E-state index >= 15 is 0 Å². The maximum atomic E-state index is 12.0. The van der Waals surface area contributed by atoms with Crippen molar-refractivity contribution in [3.63, 3.8) is 0 Å². The van der Waals surface area contributed by atoms with Crippen molar-refractivity contribution in [3.8, 4) is 5.75 Å². The Kier molecular flexibility index (Phi) is 4.42. The van der Waals surface area contributed by atoms with Crippen molar-refractivity contribution < 1.29 is 23.4 Å². The normalized spacial score (nSPS) is 11.0. The molecule has 0 aromatic heterocycles.